The van der Waals surface area contributed by atoms with Gasteiger partial charge in [0.2, 0.25) is 0 Å². The van der Waals surface area contributed by atoms with E-state index in [0.717, 1.165) is 12.8 Å². The van der Waals surface area contributed by atoms with Crippen LogP contribution in [0.25, 0.3) is 0 Å². The van der Waals surface area contributed by atoms with Gasteiger partial charge >= 0.3 is 0 Å². The first-order chi connectivity index (χ1) is 10.1. The van der Waals surface area contributed by atoms with Crippen LogP contribution in [-0.2, 0) is 15.5 Å². The summed E-state index contributed by atoms with van der Waals surface area (Å²) in [6.07, 6.45) is 1.49. The zero-order valence-electron chi connectivity index (χ0n) is 11.9. The summed E-state index contributed by atoms with van der Waals surface area (Å²) in [6, 6.07) is 0.0709. The van der Waals surface area contributed by atoms with Gasteiger partial charge in [0.15, 0.2) is 5.13 Å². The average molecular weight is 332 g/mol. The Morgan fingerprint density at radius 1 is 1.52 bits per heavy atom. The monoisotopic (exact) mass is 332 g/mol. The molecule has 7 nitrogen and oxygen atoms in total. The second-order valence-corrected chi connectivity index (χ2v) is 7.44. The van der Waals surface area contributed by atoms with E-state index in [1.54, 1.807) is 7.11 Å². The molecule has 1 aliphatic heterocycles. The van der Waals surface area contributed by atoms with E-state index in [4.69, 9.17) is 10.5 Å². The number of hydrogen-bond donors (Lipinski definition) is 3. The fourth-order valence-corrected chi connectivity index (χ4v) is 4.13. The number of rotatable bonds is 6. The number of amides is 1. The Morgan fingerprint density at radius 3 is 2.90 bits per heavy atom. The molecule has 9 heteroatoms. The van der Waals surface area contributed by atoms with Gasteiger partial charge in [-0.05, 0) is 12.8 Å². The van der Waals surface area contributed by atoms with Crippen molar-refractivity contribution in [2.24, 2.45) is 0 Å². The molecule has 0 spiro atoms. The molecule has 0 aliphatic carbocycles. The fourth-order valence-electron chi connectivity index (χ4n) is 2.02. The van der Waals surface area contributed by atoms with Crippen molar-refractivity contribution in [1.82, 2.24) is 10.3 Å². The number of aromatic nitrogens is 1. The highest BCUT2D eigenvalue weighted by atomic mass is 32.2. The molecular weight excluding hydrogens is 312 g/mol. The van der Waals surface area contributed by atoms with E-state index in [2.05, 4.69) is 15.6 Å². The summed E-state index contributed by atoms with van der Waals surface area (Å²) in [4.78, 5) is 16.8. The molecule has 2 heterocycles. The third kappa shape index (κ3) is 4.65. The Morgan fingerprint density at radius 2 is 2.24 bits per heavy atom. The number of ether oxygens (including phenoxy) is 1. The summed E-state index contributed by atoms with van der Waals surface area (Å²) in [6.45, 7) is 1.17. The molecular formula is C12H20N4O3S2. The van der Waals surface area contributed by atoms with Crippen LogP contribution in [-0.4, -0.2) is 52.9 Å². The summed E-state index contributed by atoms with van der Waals surface area (Å²) in [7, 11) is 0.886. The van der Waals surface area contributed by atoms with Crippen LogP contribution in [0.15, 0.2) is 0 Å². The van der Waals surface area contributed by atoms with E-state index in [1.807, 2.05) is 0 Å². The second kappa shape index (κ2) is 7.71. The van der Waals surface area contributed by atoms with E-state index in [1.165, 1.54) is 11.3 Å². The molecule has 4 N–H and O–H groups in total. The lowest BCUT2D eigenvalue weighted by Gasteiger charge is -2.22. The number of hydrogen-bond acceptors (Lipinski definition) is 7. The van der Waals surface area contributed by atoms with Crippen molar-refractivity contribution in [3.05, 3.63) is 4.88 Å². The number of carbonyl (C=O) groups excluding carboxylic acids is 1. The third-order valence-corrected chi connectivity index (χ3v) is 5.57. The SMILES string of the molecule is COCCNc1nc(N)c(C(=O)NC2CCS(=O)CC2)s1. The Balaban J connectivity index is 1.91. The van der Waals surface area contributed by atoms with Crippen LogP contribution in [0, 0.1) is 0 Å². The molecule has 0 radical (unpaired) electrons. The van der Waals surface area contributed by atoms with Crippen molar-refractivity contribution >= 4 is 39.0 Å². The van der Waals surface area contributed by atoms with Crippen LogP contribution < -0.4 is 16.4 Å². The number of methoxy groups -OCH3 is 1. The zero-order valence-corrected chi connectivity index (χ0v) is 13.5. The van der Waals surface area contributed by atoms with E-state index >= 15 is 0 Å². The van der Waals surface area contributed by atoms with Crippen molar-refractivity contribution in [3.63, 3.8) is 0 Å². The number of carbonyl (C=O) groups is 1. The highest BCUT2D eigenvalue weighted by Crippen LogP contribution is 2.25. The Kier molecular flexibility index (Phi) is 5.95. The van der Waals surface area contributed by atoms with Gasteiger partial charge in [-0.15, -0.1) is 0 Å². The number of nitrogen functional groups attached to an aromatic ring is 1. The van der Waals surface area contributed by atoms with Crippen LogP contribution in [0.1, 0.15) is 22.5 Å². The van der Waals surface area contributed by atoms with Crippen LogP contribution in [0.2, 0.25) is 0 Å². The van der Waals surface area contributed by atoms with Crippen molar-refractivity contribution in [3.8, 4) is 0 Å². The predicted molar refractivity (Wildman–Crippen MR) is 85.3 cm³/mol. The quantitative estimate of drug-likeness (QED) is 0.652. The van der Waals surface area contributed by atoms with Crippen molar-refractivity contribution in [2.45, 2.75) is 18.9 Å². The van der Waals surface area contributed by atoms with Gasteiger partial charge in [-0.2, -0.15) is 0 Å². The lowest BCUT2D eigenvalue weighted by atomic mass is 10.1. The molecule has 1 fully saturated rings. The van der Waals surface area contributed by atoms with E-state index in [0.29, 0.717) is 34.7 Å². The summed E-state index contributed by atoms with van der Waals surface area (Å²) in [5.74, 6) is 1.32. The van der Waals surface area contributed by atoms with Gasteiger partial charge in [-0.3, -0.25) is 9.00 Å². The highest BCUT2D eigenvalue weighted by molar-refractivity contribution is 7.85. The van der Waals surface area contributed by atoms with Crippen LogP contribution in [0.5, 0.6) is 0 Å². The minimum Gasteiger partial charge on any atom is -0.383 e. The van der Waals surface area contributed by atoms with Crippen LogP contribution >= 0.6 is 11.3 Å². The molecule has 0 unspecified atom stereocenters. The Bertz CT molecular complexity index is 511. The lowest BCUT2D eigenvalue weighted by molar-refractivity contribution is 0.0939. The van der Waals surface area contributed by atoms with Gasteiger partial charge < -0.3 is 21.1 Å². The average Bonchev–Trinajstić information content (AvgIpc) is 2.83. The molecule has 118 valence electrons. The molecule has 1 aromatic rings. The summed E-state index contributed by atoms with van der Waals surface area (Å²) < 4.78 is 16.2. The van der Waals surface area contributed by atoms with Crippen LogP contribution in [0.4, 0.5) is 10.9 Å². The maximum Gasteiger partial charge on any atom is 0.265 e. The van der Waals surface area contributed by atoms with E-state index in [-0.39, 0.29) is 17.8 Å². The molecule has 1 aromatic heterocycles. The molecule has 1 saturated heterocycles. The molecule has 1 amide bonds. The second-order valence-electron chi connectivity index (χ2n) is 4.75. The van der Waals surface area contributed by atoms with Gasteiger partial charge in [0.1, 0.15) is 10.7 Å². The zero-order chi connectivity index (χ0) is 15.2. The molecule has 0 bridgehead atoms. The first-order valence-corrected chi connectivity index (χ1v) is 9.05. The molecule has 0 aromatic carbocycles. The van der Waals surface area contributed by atoms with Gasteiger partial charge in [-0.25, -0.2) is 4.98 Å². The minimum atomic E-state index is -0.733. The van der Waals surface area contributed by atoms with Crippen molar-refractivity contribution in [1.29, 1.82) is 0 Å². The van der Waals surface area contributed by atoms with Crippen molar-refractivity contribution < 1.29 is 13.7 Å². The van der Waals surface area contributed by atoms with Crippen molar-refractivity contribution in [2.75, 3.05) is 42.8 Å². The molecule has 0 atom stereocenters. The largest absolute Gasteiger partial charge is 0.383 e. The van der Waals surface area contributed by atoms with Crippen LogP contribution in [0.3, 0.4) is 0 Å². The highest BCUT2D eigenvalue weighted by Gasteiger charge is 2.22. The van der Waals surface area contributed by atoms with Gasteiger partial charge in [0, 0.05) is 42.0 Å². The van der Waals surface area contributed by atoms with E-state index < -0.39 is 10.8 Å². The first kappa shape index (κ1) is 16.2. The predicted octanol–water partition coefficient (Wildman–Crippen LogP) is 0.424. The van der Waals surface area contributed by atoms with Gasteiger partial charge in [0.05, 0.1) is 6.61 Å². The number of nitrogens with zero attached hydrogens (tertiary/aromatic N) is 1. The summed E-state index contributed by atoms with van der Waals surface area (Å²) >= 11 is 1.23. The summed E-state index contributed by atoms with van der Waals surface area (Å²) in [5, 5.41) is 6.61. The topological polar surface area (TPSA) is 106 Å². The lowest BCUT2D eigenvalue weighted by Crippen LogP contribution is -2.39. The Hall–Kier alpha value is -1.19. The number of thiazole rings is 1. The fraction of sp³-hybridized carbons (Fsp3) is 0.667. The molecule has 0 saturated carbocycles. The number of nitrogens with two attached hydrogens (primary N) is 1. The number of anilines is 2. The normalized spacial score (nSPS) is 22.0. The van der Waals surface area contributed by atoms with Gasteiger partial charge in [-0.1, -0.05) is 11.3 Å². The van der Waals surface area contributed by atoms with Gasteiger partial charge in [0.25, 0.3) is 5.91 Å². The Labute approximate surface area is 130 Å². The maximum atomic E-state index is 12.2. The molecule has 21 heavy (non-hydrogen) atoms. The smallest absolute Gasteiger partial charge is 0.265 e. The third-order valence-electron chi connectivity index (χ3n) is 3.17. The minimum absolute atomic E-state index is 0.0709. The molecule has 2 rings (SSSR count). The number of nitrogens with one attached hydrogen (secondary N) is 2. The maximum absolute atomic E-state index is 12.2. The molecule has 1 aliphatic rings. The standard InChI is InChI=1S/C12H20N4O3S2/c1-19-5-4-14-12-16-10(13)9(20-12)11(17)15-8-2-6-21(18)7-3-8/h8H,2-7,13H2,1H3,(H,14,16)(H,15,17). The summed E-state index contributed by atoms with van der Waals surface area (Å²) in [5.41, 5.74) is 5.79. The first-order valence-electron chi connectivity index (χ1n) is 6.75. The van der Waals surface area contributed by atoms with E-state index in [9.17, 15) is 9.00 Å².